The van der Waals surface area contributed by atoms with Crippen LogP contribution >= 0.6 is 0 Å². The number of hydrogen-bond donors (Lipinski definition) is 6. The Hall–Kier alpha value is -3.57. The first-order chi connectivity index (χ1) is 26.3. The van der Waals surface area contributed by atoms with Crippen LogP contribution in [0.15, 0.2) is 93.4 Å². The van der Waals surface area contributed by atoms with Crippen LogP contribution in [0.2, 0.25) is 0 Å². The molecule has 310 valence electrons. The molecule has 0 bridgehead atoms. The van der Waals surface area contributed by atoms with Crippen LogP contribution in [0, 0.1) is 0 Å². The van der Waals surface area contributed by atoms with Gasteiger partial charge < -0.3 is 15.1 Å². The number of aliphatic hydroxyl groups is 2. The number of hydrogen-bond acceptors (Lipinski definition) is 11. The van der Waals surface area contributed by atoms with Crippen LogP contribution in [0.5, 0.6) is 0 Å². The monoisotopic (exact) mass is 869 g/mol. The van der Waals surface area contributed by atoms with E-state index in [4.69, 9.17) is 0 Å². The molecule has 4 atom stereocenters. The van der Waals surface area contributed by atoms with Crippen LogP contribution in [-0.2, 0) is 51.3 Å². The number of fused-ring (bicyclic) bond motifs is 6. The zero-order chi connectivity index (χ0) is 41.9. The van der Waals surface area contributed by atoms with E-state index in [2.05, 4.69) is 0 Å². The van der Waals surface area contributed by atoms with Crippen LogP contribution in [0.3, 0.4) is 0 Å². The maximum Gasteiger partial charge on any atom is 0.294 e. The third-order valence-corrected chi connectivity index (χ3v) is 14.5. The maximum atomic E-state index is 12.1. The summed E-state index contributed by atoms with van der Waals surface area (Å²) in [6.07, 6.45) is 9.77. The fourth-order valence-corrected chi connectivity index (χ4v) is 11.2. The van der Waals surface area contributed by atoms with E-state index in [1.807, 2.05) is 26.0 Å². The highest BCUT2D eigenvalue weighted by Crippen LogP contribution is 2.55. The van der Waals surface area contributed by atoms with Gasteiger partial charge in [0.05, 0.1) is 21.3 Å². The Bertz CT molecular complexity index is 2610. The van der Waals surface area contributed by atoms with Crippen molar-refractivity contribution in [2.24, 2.45) is 0 Å². The van der Waals surface area contributed by atoms with E-state index >= 15 is 0 Å². The van der Waals surface area contributed by atoms with Crippen molar-refractivity contribution in [2.75, 3.05) is 29.5 Å². The molecule has 2 aliphatic heterocycles. The van der Waals surface area contributed by atoms with Crippen molar-refractivity contribution in [3.05, 3.63) is 94.7 Å². The number of allylic oxidation sites excluding steroid dienone is 8. The molecule has 20 heteroatoms. The van der Waals surface area contributed by atoms with Crippen LogP contribution in [0.25, 0.3) is 0 Å². The first kappa shape index (κ1) is 43.0. The molecule has 57 heavy (non-hydrogen) atoms. The predicted molar refractivity (Wildman–Crippen MR) is 210 cm³/mol. The molecule has 1 saturated carbocycles. The largest absolute Gasteiger partial charge is 0.390 e. The second kappa shape index (κ2) is 15.2. The van der Waals surface area contributed by atoms with E-state index in [9.17, 15) is 62.1 Å². The van der Waals surface area contributed by atoms with Crippen molar-refractivity contribution in [3.63, 3.8) is 0 Å². The number of β-amino-alcohol motifs (C(OH)–C–C–N with tert-alkyl or cyclic N) is 2. The molecule has 0 amide bonds. The van der Waals surface area contributed by atoms with Gasteiger partial charge in [-0.25, -0.2) is 0 Å². The van der Waals surface area contributed by atoms with Gasteiger partial charge in [-0.3, -0.25) is 18.2 Å². The minimum Gasteiger partial charge on any atom is -0.390 e. The van der Waals surface area contributed by atoms with E-state index in [1.54, 1.807) is 27.7 Å². The maximum absolute atomic E-state index is 12.1. The lowest BCUT2D eigenvalue weighted by Crippen LogP contribution is -2.39. The van der Waals surface area contributed by atoms with Gasteiger partial charge in [0.2, 0.25) is 5.69 Å². The van der Waals surface area contributed by atoms with Gasteiger partial charge in [-0.05, 0) is 93.8 Å². The van der Waals surface area contributed by atoms with Crippen molar-refractivity contribution in [1.29, 1.82) is 0 Å². The molecule has 6 rings (SSSR count). The van der Waals surface area contributed by atoms with Gasteiger partial charge in [0, 0.05) is 40.5 Å². The molecule has 4 aliphatic rings. The molecule has 1 fully saturated rings. The fraction of sp³-hybridized carbons (Fsp3) is 0.432. The van der Waals surface area contributed by atoms with Crippen molar-refractivity contribution in [3.8, 4) is 0 Å². The zero-order valence-electron chi connectivity index (χ0n) is 31.1. The minimum atomic E-state index is -4.56. The Balaban J connectivity index is 1.38. The highest BCUT2D eigenvalue weighted by Gasteiger charge is 2.53. The molecule has 0 aromatic heterocycles. The number of nitrogens with zero attached hydrogens (tertiary/aromatic N) is 2. The van der Waals surface area contributed by atoms with Crippen molar-refractivity contribution in [2.45, 2.75) is 85.2 Å². The summed E-state index contributed by atoms with van der Waals surface area (Å²) in [5.74, 6) is -1.84. The summed E-state index contributed by atoms with van der Waals surface area (Å²) in [6.45, 7) is 3.35. The third-order valence-electron chi connectivity index (χ3n) is 11.2. The minimum absolute atomic E-state index is 0.233. The molecular weight excluding hydrogens is 825 g/mol. The normalized spacial score (nSPS) is 24.6. The quantitative estimate of drug-likeness (QED) is 0.0957. The third kappa shape index (κ3) is 8.90. The number of rotatable bonds is 13. The second-order valence-electron chi connectivity index (χ2n) is 15.4. The van der Waals surface area contributed by atoms with E-state index in [-0.39, 0.29) is 22.9 Å². The molecule has 0 radical (unpaired) electrons. The lowest BCUT2D eigenvalue weighted by Gasteiger charge is -2.36. The number of benzene rings is 2. The Kier molecular flexibility index (Phi) is 11.5. The number of anilines is 1. The Morgan fingerprint density at radius 3 is 1.95 bits per heavy atom. The van der Waals surface area contributed by atoms with Crippen LogP contribution in [0.4, 0.5) is 11.4 Å². The van der Waals surface area contributed by atoms with Gasteiger partial charge in [-0.2, -0.15) is 38.2 Å². The standard InChI is InChI=1S/C37H44N2O14S4/c1-36-16-6-10-24(34(36)38(20-26(40)22-54(42,43)44)32-14-12-28(18-30(32)36)56(48,49)50)8-4-3-5-9-25-11-7-17-37(2)31-19-29(57(51,52)53)13-15-33(31)39(35(25)37)21-27(41)23-55(45,46)47/h3-5,8-9,12-15,18-19,26-27,40-41H,6-7,10-11,16-17,20-23H2,1-2H3,(H3-,42,43,44,45,46,47,48,49,50,51,52,53)/p+1. The molecule has 2 aromatic carbocycles. The summed E-state index contributed by atoms with van der Waals surface area (Å²) in [4.78, 5) is 1.10. The Morgan fingerprint density at radius 1 is 0.737 bits per heavy atom. The summed E-state index contributed by atoms with van der Waals surface area (Å²) >= 11 is 0. The SMILES string of the molecule is CC12CCCC(/C=C/C=C/C=C3\CCCC4(C)C3=[N+](CC(O)CS(=O)(=O)O)c3ccc(S(=O)(=O)O)cc34)=C1N(CC(O)CS(=O)(=O)O)c1ccc(S(=O)(=O)O)cc12. The molecule has 2 heterocycles. The summed E-state index contributed by atoms with van der Waals surface area (Å²) in [7, 11) is -18.2. The van der Waals surface area contributed by atoms with Gasteiger partial charge >= 0.3 is 0 Å². The zero-order valence-corrected chi connectivity index (χ0v) is 34.3. The molecule has 0 saturated heterocycles. The van der Waals surface area contributed by atoms with E-state index in [0.717, 1.165) is 11.1 Å². The topological polar surface area (TPSA) is 264 Å². The van der Waals surface area contributed by atoms with E-state index < -0.39 is 75.0 Å². The number of aliphatic hydroxyl groups excluding tert-OH is 2. The Labute approximate surface area is 332 Å². The summed E-state index contributed by atoms with van der Waals surface area (Å²) < 4.78 is 135. The van der Waals surface area contributed by atoms with Gasteiger partial charge in [-0.15, -0.1) is 0 Å². The summed E-state index contributed by atoms with van der Waals surface area (Å²) in [6, 6.07) is 8.20. The lowest BCUT2D eigenvalue weighted by atomic mass is 9.69. The second-order valence-corrected chi connectivity index (χ2v) is 21.2. The molecule has 2 aromatic rings. The van der Waals surface area contributed by atoms with E-state index in [1.165, 1.54) is 36.4 Å². The molecule has 0 spiro atoms. The highest BCUT2D eigenvalue weighted by molar-refractivity contribution is 7.86. The molecular formula is C37H45N2O14S4+. The smallest absolute Gasteiger partial charge is 0.294 e. The summed E-state index contributed by atoms with van der Waals surface area (Å²) in [5.41, 5.74) is 3.68. The van der Waals surface area contributed by atoms with Crippen molar-refractivity contribution >= 4 is 57.6 Å². The first-order valence-electron chi connectivity index (χ1n) is 18.0. The van der Waals surface area contributed by atoms with Crippen molar-refractivity contribution in [1.82, 2.24) is 0 Å². The molecule has 2 aliphatic carbocycles. The van der Waals surface area contributed by atoms with E-state index in [0.29, 0.717) is 72.4 Å². The molecule has 6 N–H and O–H groups in total. The predicted octanol–water partition coefficient (Wildman–Crippen LogP) is 3.47. The van der Waals surface area contributed by atoms with Gasteiger partial charge in [0.25, 0.3) is 40.5 Å². The highest BCUT2D eigenvalue weighted by atomic mass is 32.2. The van der Waals surface area contributed by atoms with Gasteiger partial charge in [0.15, 0.2) is 12.3 Å². The average Bonchev–Trinajstić information content (AvgIpc) is 3.46. The fourth-order valence-electron chi connectivity index (χ4n) is 8.99. The summed E-state index contributed by atoms with van der Waals surface area (Å²) in [5, 5.41) is 21.4. The van der Waals surface area contributed by atoms with Crippen LogP contribution in [0.1, 0.15) is 63.5 Å². The van der Waals surface area contributed by atoms with Gasteiger partial charge in [-0.1, -0.05) is 30.4 Å². The average molecular weight is 870 g/mol. The molecule has 16 nitrogen and oxygen atoms in total. The van der Waals surface area contributed by atoms with Crippen LogP contribution < -0.4 is 4.90 Å². The molecule has 4 unspecified atom stereocenters. The lowest BCUT2D eigenvalue weighted by molar-refractivity contribution is -0.449. The van der Waals surface area contributed by atoms with Crippen LogP contribution in [-0.4, -0.2) is 109 Å². The first-order valence-corrected chi connectivity index (χ1v) is 24.1. The Morgan fingerprint density at radius 2 is 1.32 bits per heavy atom. The van der Waals surface area contributed by atoms with Gasteiger partial charge in [0.1, 0.15) is 17.6 Å². The van der Waals surface area contributed by atoms with Crippen molar-refractivity contribution < 1.29 is 66.7 Å².